The molecule has 1 atom stereocenters. The van der Waals surface area contributed by atoms with Crippen LogP contribution in [0.4, 0.5) is 4.39 Å². The lowest BCUT2D eigenvalue weighted by Gasteiger charge is -2.34. The van der Waals surface area contributed by atoms with Gasteiger partial charge in [0.2, 0.25) is 0 Å². The van der Waals surface area contributed by atoms with Crippen molar-refractivity contribution < 1.29 is 4.39 Å². The fraction of sp³-hybridized carbons (Fsp3) is 0.538. The van der Waals surface area contributed by atoms with E-state index in [-0.39, 0.29) is 5.92 Å². The molecule has 1 nitrogen and oxygen atoms in total. The monoisotopic (exact) mass is 207 g/mol. The predicted octanol–water partition coefficient (Wildman–Crippen LogP) is 2.87. The molecule has 2 heteroatoms. The van der Waals surface area contributed by atoms with Crippen LogP contribution in [0.1, 0.15) is 25.3 Å². The third-order valence-electron chi connectivity index (χ3n) is 3.44. The summed E-state index contributed by atoms with van der Waals surface area (Å²) < 4.78 is 14.7. The van der Waals surface area contributed by atoms with Gasteiger partial charge >= 0.3 is 0 Å². The number of rotatable bonds is 2. The van der Waals surface area contributed by atoms with Crippen LogP contribution in [0.25, 0.3) is 0 Å². The molecule has 0 amide bonds. The average molecular weight is 207 g/mol. The zero-order valence-electron chi connectivity index (χ0n) is 9.17. The maximum Gasteiger partial charge on any atom is 0.136 e. The van der Waals surface area contributed by atoms with Crippen molar-refractivity contribution in [3.63, 3.8) is 0 Å². The Bertz CT molecular complexity index is 302. The number of benzene rings is 1. The fourth-order valence-electron chi connectivity index (χ4n) is 2.36. The molecule has 1 aliphatic heterocycles. The summed E-state index contributed by atoms with van der Waals surface area (Å²) in [5.74, 6) is 0.154. The van der Waals surface area contributed by atoms with Crippen LogP contribution < -0.4 is 5.32 Å². The molecular weight excluding hydrogens is 189 g/mol. The first-order valence-corrected chi connectivity index (χ1v) is 5.66. The van der Waals surface area contributed by atoms with Crippen LogP contribution in [0.2, 0.25) is 0 Å². The van der Waals surface area contributed by atoms with E-state index in [9.17, 15) is 4.39 Å². The van der Waals surface area contributed by atoms with Gasteiger partial charge in [-0.25, -0.2) is 4.39 Å². The number of alkyl halides is 1. The molecule has 1 aromatic rings. The average Bonchev–Trinajstić information content (AvgIpc) is 2.31. The molecular formula is C13H18FN. The number of nitrogens with one attached hydrogen (secondary N) is 1. The van der Waals surface area contributed by atoms with E-state index < -0.39 is 5.67 Å². The van der Waals surface area contributed by atoms with Gasteiger partial charge < -0.3 is 5.32 Å². The summed E-state index contributed by atoms with van der Waals surface area (Å²) >= 11 is 0. The zero-order valence-corrected chi connectivity index (χ0v) is 9.17. The highest BCUT2D eigenvalue weighted by Gasteiger charge is 2.36. The summed E-state index contributed by atoms with van der Waals surface area (Å²) in [6.45, 7) is 3.60. The van der Waals surface area contributed by atoms with Gasteiger partial charge in [-0.05, 0) is 44.3 Å². The van der Waals surface area contributed by atoms with Gasteiger partial charge in [0.1, 0.15) is 5.67 Å². The highest BCUT2D eigenvalue weighted by atomic mass is 19.1. The third kappa shape index (κ3) is 2.20. The standard InChI is InChI=1S/C13H18FN/c1-13(14,11-5-3-2-4-6-11)12-7-9-15-10-8-12/h2-6,12,15H,7-10H2,1H3. The number of hydrogen-bond acceptors (Lipinski definition) is 1. The van der Waals surface area contributed by atoms with Crippen molar-refractivity contribution in [2.45, 2.75) is 25.4 Å². The highest BCUT2D eigenvalue weighted by molar-refractivity contribution is 5.22. The van der Waals surface area contributed by atoms with Crippen LogP contribution >= 0.6 is 0 Å². The Morgan fingerprint density at radius 2 is 1.80 bits per heavy atom. The minimum absolute atomic E-state index is 0.154. The summed E-state index contributed by atoms with van der Waals surface area (Å²) in [7, 11) is 0. The van der Waals surface area contributed by atoms with Crippen LogP contribution in [0.3, 0.4) is 0 Å². The van der Waals surface area contributed by atoms with E-state index in [0.717, 1.165) is 31.5 Å². The molecule has 0 aliphatic carbocycles. The maximum atomic E-state index is 14.7. The molecule has 1 unspecified atom stereocenters. The predicted molar refractivity (Wildman–Crippen MR) is 60.5 cm³/mol. The van der Waals surface area contributed by atoms with Gasteiger partial charge in [0.05, 0.1) is 0 Å². The molecule has 0 spiro atoms. The molecule has 15 heavy (non-hydrogen) atoms. The van der Waals surface area contributed by atoms with E-state index in [0.29, 0.717) is 0 Å². The molecule has 0 saturated carbocycles. The quantitative estimate of drug-likeness (QED) is 0.786. The summed E-state index contributed by atoms with van der Waals surface area (Å²) in [6.07, 6.45) is 1.86. The van der Waals surface area contributed by atoms with Gasteiger partial charge in [-0.15, -0.1) is 0 Å². The van der Waals surface area contributed by atoms with Crippen molar-refractivity contribution in [2.75, 3.05) is 13.1 Å². The Morgan fingerprint density at radius 3 is 2.40 bits per heavy atom. The second-order valence-corrected chi connectivity index (χ2v) is 4.47. The van der Waals surface area contributed by atoms with E-state index >= 15 is 0 Å². The Morgan fingerprint density at radius 1 is 1.20 bits per heavy atom. The van der Waals surface area contributed by atoms with Crippen molar-refractivity contribution in [1.82, 2.24) is 5.32 Å². The van der Waals surface area contributed by atoms with Crippen LogP contribution in [-0.4, -0.2) is 13.1 Å². The summed E-state index contributed by atoms with van der Waals surface area (Å²) in [6, 6.07) is 9.54. The van der Waals surface area contributed by atoms with Crippen LogP contribution in [0.15, 0.2) is 30.3 Å². The second kappa shape index (κ2) is 4.31. The molecule has 0 aromatic heterocycles. The Labute approximate surface area is 90.7 Å². The SMILES string of the molecule is CC(F)(c1ccccc1)C1CCNCC1. The Kier molecular flexibility index (Phi) is 3.06. The molecule has 1 aromatic carbocycles. The number of hydrogen-bond donors (Lipinski definition) is 1. The second-order valence-electron chi connectivity index (χ2n) is 4.47. The van der Waals surface area contributed by atoms with Gasteiger partial charge in [-0.1, -0.05) is 30.3 Å². The molecule has 0 radical (unpaired) electrons. The number of piperidine rings is 1. The normalized spacial score (nSPS) is 22.3. The van der Waals surface area contributed by atoms with Crippen LogP contribution in [-0.2, 0) is 5.67 Å². The zero-order chi connectivity index (χ0) is 10.7. The van der Waals surface area contributed by atoms with Gasteiger partial charge in [0, 0.05) is 0 Å². The summed E-state index contributed by atoms with van der Waals surface area (Å²) in [4.78, 5) is 0. The number of halogens is 1. The van der Waals surface area contributed by atoms with Crippen LogP contribution in [0.5, 0.6) is 0 Å². The van der Waals surface area contributed by atoms with Gasteiger partial charge in [-0.2, -0.15) is 0 Å². The van der Waals surface area contributed by atoms with Gasteiger partial charge in [-0.3, -0.25) is 0 Å². The lowest BCUT2D eigenvalue weighted by molar-refractivity contribution is 0.0773. The lowest BCUT2D eigenvalue weighted by atomic mass is 9.79. The maximum absolute atomic E-state index is 14.7. The first-order valence-electron chi connectivity index (χ1n) is 5.66. The van der Waals surface area contributed by atoms with E-state index in [1.807, 2.05) is 30.3 Å². The van der Waals surface area contributed by atoms with Gasteiger partial charge in [0.25, 0.3) is 0 Å². The molecule has 2 rings (SSSR count). The molecule has 1 aliphatic rings. The minimum atomic E-state index is -1.18. The van der Waals surface area contributed by atoms with Crippen molar-refractivity contribution in [2.24, 2.45) is 5.92 Å². The van der Waals surface area contributed by atoms with E-state index in [4.69, 9.17) is 0 Å². The van der Waals surface area contributed by atoms with E-state index in [2.05, 4.69) is 5.32 Å². The molecule has 1 saturated heterocycles. The lowest BCUT2D eigenvalue weighted by Crippen LogP contribution is -2.37. The van der Waals surface area contributed by atoms with Crippen LogP contribution in [0, 0.1) is 5.92 Å². The topological polar surface area (TPSA) is 12.0 Å². The van der Waals surface area contributed by atoms with Gasteiger partial charge in [0.15, 0.2) is 0 Å². The van der Waals surface area contributed by atoms with E-state index in [1.165, 1.54) is 0 Å². The Balaban J connectivity index is 2.18. The highest BCUT2D eigenvalue weighted by Crippen LogP contribution is 2.38. The molecule has 82 valence electrons. The molecule has 1 N–H and O–H groups in total. The van der Waals surface area contributed by atoms with Crippen molar-refractivity contribution >= 4 is 0 Å². The van der Waals surface area contributed by atoms with E-state index in [1.54, 1.807) is 6.92 Å². The molecule has 0 bridgehead atoms. The smallest absolute Gasteiger partial charge is 0.136 e. The minimum Gasteiger partial charge on any atom is -0.317 e. The fourth-order valence-corrected chi connectivity index (χ4v) is 2.36. The summed E-state index contributed by atoms with van der Waals surface area (Å²) in [5.41, 5.74) is -0.361. The molecule has 1 fully saturated rings. The first-order chi connectivity index (χ1) is 7.21. The first kappa shape index (κ1) is 10.6. The van der Waals surface area contributed by atoms with Crippen molar-refractivity contribution in [1.29, 1.82) is 0 Å². The Hall–Kier alpha value is -0.890. The third-order valence-corrected chi connectivity index (χ3v) is 3.44. The summed E-state index contributed by atoms with van der Waals surface area (Å²) in [5, 5.41) is 3.27. The largest absolute Gasteiger partial charge is 0.317 e. The van der Waals surface area contributed by atoms with Crippen molar-refractivity contribution in [3.8, 4) is 0 Å². The molecule has 1 heterocycles. The van der Waals surface area contributed by atoms with Crippen molar-refractivity contribution in [3.05, 3.63) is 35.9 Å².